The number of hydrogen-bond donors (Lipinski definition) is 0. The highest BCUT2D eigenvalue weighted by molar-refractivity contribution is 5.90. The first-order valence-electron chi connectivity index (χ1n) is 4.80. The molecule has 2 aromatic heterocycles. The Morgan fingerprint density at radius 1 is 1.60 bits per heavy atom. The van der Waals surface area contributed by atoms with Crippen molar-refractivity contribution >= 4 is 11.5 Å². The molecule has 0 bridgehead atoms. The van der Waals surface area contributed by atoms with Crippen molar-refractivity contribution in [2.24, 2.45) is 0 Å². The summed E-state index contributed by atoms with van der Waals surface area (Å²) in [5.41, 5.74) is 1.46. The molecule has 0 saturated carbocycles. The average molecular weight is 204 g/mol. The molecule has 0 amide bonds. The Kier molecular flexibility index (Phi) is 2.41. The average Bonchev–Trinajstić information content (AvgIpc) is 2.69. The Morgan fingerprint density at radius 3 is 3.07 bits per heavy atom. The molecule has 0 fully saturated rings. The number of carbonyl (C=O) groups excluding carboxylic acids is 1. The summed E-state index contributed by atoms with van der Waals surface area (Å²) in [6.45, 7) is 2.04. The van der Waals surface area contributed by atoms with Gasteiger partial charge in [0.05, 0.1) is 24.4 Å². The van der Waals surface area contributed by atoms with E-state index in [1.165, 1.54) is 7.11 Å². The van der Waals surface area contributed by atoms with Gasteiger partial charge in [-0.05, 0) is 12.1 Å². The lowest BCUT2D eigenvalue weighted by Crippen LogP contribution is -2.02. The number of carbonyl (C=O) groups is 1. The Morgan fingerprint density at radius 2 is 2.40 bits per heavy atom. The van der Waals surface area contributed by atoms with Crippen LogP contribution in [0.5, 0.6) is 0 Å². The zero-order valence-electron chi connectivity index (χ0n) is 8.73. The van der Waals surface area contributed by atoms with Crippen LogP contribution in [0.2, 0.25) is 0 Å². The van der Waals surface area contributed by atoms with E-state index in [9.17, 15) is 4.79 Å². The predicted molar refractivity (Wildman–Crippen MR) is 55.9 cm³/mol. The Balaban J connectivity index is 2.53. The third-order valence-electron chi connectivity index (χ3n) is 2.35. The largest absolute Gasteiger partial charge is 0.465 e. The second-order valence-corrected chi connectivity index (χ2v) is 3.23. The van der Waals surface area contributed by atoms with E-state index in [-0.39, 0.29) is 5.97 Å². The maximum absolute atomic E-state index is 11.3. The van der Waals surface area contributed by atoms with E-state index in [0.717, 1.165) is 17.8 Å². The Hall–Kier alpha value is -1.84. The van der Waals surface area contributed by atoms with E-state index in [1.807, 2.05) is 17.5 Å². The van der Waals surface area contributed by atoms with Crippen LogP contribution in [0.15, 0.2) is 24.5 Å². The minimum absolute atomic E-state index is 0.322. The molecule has 2 rings (SSSR count). The lowest BCUT2D eigenvalue weighted by Gasteiger charge is -2.01. The summed E-state index contributed by atoms with van der Waals surface area (Å²) in [5, 5.41) is 0. The molecule has 4 heteroatoms. The first-order valence-corrected chi connectivity index (χ1v) is 4.80. The zero-order valence-corrected chi connectivity index (χ0v) is 8.73. The molecule has 0 atom stereocenters. The van der Waals surface area contributed by atoms with Crippen molar-refractivity contribution in [3.05, 3.63) is 35.9 Å². The lowest BCUT2D eigenvalue weighted by atomic mass is 10.2. The highest BCUT2D eigenvalue weighted by Crippen LogP contribution is 2.11. The fourth-order valence-electron chi connectivity index (χ4n) is 1.56. The molecule has 0 aliphatic carbocycles. The fraction of sp³-hybridized carbons (Fsp3) is 0.273. The number of esters is 1. The molecule has 0 aromatic carbocycles. The second-order valence-electron chi connectivity index (χ2n) is 3.23. The maximum Gasteiger partial charge on any atom is 0.337 e. The van der Waals surface area contributed by atoms with Gasteiger partial charge in [0.25, 0.3) is 0 Å². The summed E-state index contributed by atoms with van der Waals surface area (Å²) in [4.78, 5) is 15.5. The zero-order chi connectivity index (χ0) is 10.8. The van der Waals surface area contributed by atoms with E-state index in [4.69, 9.17) is 0 Å². The van der Waals surface area contributed by atoms with Gasteiger partial charge in [-0.3, -0.25) is 0 Å². The van der Waals surface area contributed by atoms with Gasteiger partial charge >= 0.3 is 5.97 Å². The highest BCUT2D eigenvalue weighted by Gasteiger charge is 2.07. The number of aromatic nitrogens is 2. The molecule has 2 heterocycles. The number of rotatable bonds is 2. The standard InChI is InChI=1S/C11H12N2O2/c1-3-10-12-7-9-6-8(11(14)15-2)4-5-13(9)10/h4-7H,3H2,1-2H3. The minimum Gasteiger partial charge on any atom is -0.465 e. The molecule has 2 aromatic rings. The Labute approximate surface area is 87.5 Å². The second kappa shape index (κ2) is 3.73. The third kappa shape index (κ3) is 1.58. The molecular formula is C11H12N2O2. The van der Waals surface area contributed by atoms with E-state index in [1.54, 1.807) is 18.3 Å². The summed E-state index contributed by atoms with van der Waals surface area (Å²) < 4.78 is 6.61. The summed E-state index contributed by atoms with van der Waals surface area (Å²) in [6, 6.07) is 3.51. The Bertz CT molecular complexity index is 502. The van der Waals surface area contributed by atoms with Crippen LogP contribution in [0.3, 0.4) is 0 Å². The topological polar surface area (TPSA) is 43.6 Å². The van der Waals surface area contributed by atoms with Crippen LogP contribution in [0, 0.1) is 0 Å². The molecule has 0 saturated heterocycles. The number of imidazole rings is 1. The molecule has 78 valence electrons. The van der Waals surface area contributed by atoms with Gasteiger partial charge in [-0.1, -0.05) is 6.92 Å². The molecule has 0 aliphatic heterocycles. The summed E-state index contributed by atoms with van der Waals surface area (Å²) in [7, 11) is 1.38. The molecule has 0 spiro atoms. The minimum atomic E-state index is -0.322. The molecular weight excluding hydrogens is 192 g/mol. The van der Waals surface area contributed by atoms with Gasteiger partial charge < -0.3 is 9.14 Å². The third-order valence-corrected chi connectivity index (χ3v) is 2.35. The number of fused-ring (bicyclic) bond motifs is 1. The van der Waals surface area contributed by atoms with Crippen molar-refractivity contribution in [2.45, 2.75) is 13.3 Å². The normalized spacial score (nSPS) is 10.5. The van der Waals surface area contributed by atoms with Crippen LogP contribution in [0.1, 0.15) is 23.1 Å². The number of nitrogens with zero attached hydrogens (tertiary/aromatic N) is 2. The summed E-state index contributed by atoms with van der Waals surface area (Å²) in [5.74, 6) is 0.665. The molecule has 0 N–H and O–H groups in total. The van der Waals surface area contributed by atoms with Crippen molar-refractivity contribution < 1.29 is 9.53 Å². The van der Waals surface area contributed by atoms with Crippen LogP contribution in [0.25, 0.3) is 5.52 Å². The molecule has 15 heavy (non-hydrogen) atoms. The molecule has 4 nitrogen and oxygen atoms in total. The first-order chi connectivity index (χ1) is 7.26. The van der Waals surface area contributed by atoms with Crippen molar-refractivity contribution in [1.82, 2.24) is 9.38 Å². The number of ether oxygens (including phenoxy) is 1. The van der Waals surface area contributed by atoms with Crippen LogP contribution in [0.4, 0.5) is 0 Å². The van der Waals surface area contributed by atoms with E-state index < -0.39 is 0 Å². The maximum atomic E-state index is 11.3. The van der Waals surface area contributed by atoms with E-state index >= 15 is 0 Å². The van der Waals surface area contributed by atoms with E-state index in [0.29, 0.717) is 5.56 Å². The van der Waals surface area contributed by atoms with Crippen molar-refractivity contribution in [3.63, 3.8) is 0 Å². The SMILES string of the molecule is CCc1ncc2cc(C(=O)OC)ccn12. The van der Waals surface area contributed by atoms with Crippen molar-refractivity contribution in [1.29, 1.82) is 0 Å². The van der Waals surface area contributed by atoms with Crippen LogP contribution >= 0.6 is 0 Å². The van der Waals surface area contributed by atoms with Crippen molar-refractivity contribution in [3.8, 4) is 0 Å². The quantitative estimate of drug-likeness (QED) is 0.699. The summed E-state index contributed by atoms with van der Waals surface area (Å²) in [6.07, 6.45) is 4.46. The number of pyridine rings is 1. The number of aryl methyl sites for hydroxylation is 1. The van der Waals surface area contributed by atoms with Gasteiger partial charge in [0.15, 0.2) is 0 Å². The highest BCUT2D eigenvalue weighted by atomic mass is 16.5. The number of methoxy groups -OCH3 is 1. The van der Waals surface area contributed by atoms with Crippen molar-refractivity contribution in [2.75, 3.05) is 7.11 Å². The van der Waals surface area contributed by atoms with Gasteiger partial charge in [-0.25, -0.2) is 9.78 Å². The lowest BCUT2D eigenvalue weighted by molar-refractivity contribution is 0.0600. The van der Waals surface area contributed by atoms with Crippen LogP contribution < -0.4 is 0 Å². The monoisotopic (exact) mass is 204 g/mol. The van der Waals surface area contributed by atoms with Crippen LogP contribution in [-0.2, 0) is 11.2 Å². The molecule has 0 aliphatic rings. The van der Waals surface area contributed by atoms with E-state index in [2.05, 4.69) is 9.72 Å². The van der Waals surface area contributed by atoms with Gasteiger partial charge in [-0.15, -0.1) is 0 Å². The van der Waals surface area contributed by atoms with Gasteiger partial charge in [0.2, 0.25) is 0 Å². The molecule has 0 radical (unpaired) electrons. The molecule has 0 unspecified atom stereocenters. The predicted octanol–water partition coefficient (Wildman–Crippen LogP) is 1.68. The number of hydrogen-bond acceptors (Lipinski definition) is 3. The smallest absolute Gasteiger partial charge is 0.337 e. The fourth-order valence-corrected chi connectivity index (χ4v) is 1.56. The summed E-state index contributed by atoms with van der Waals surface area (Å²) >= 11 is 0. The van der Waals surface area contributed by atoms with Gasteiger partial charge in [-0.2, -0.15) is 0 Å². The van der Waals surface area contributed by atoms with Crippen LogP contribution in [-0.4, -0.2) is 22.5 Å². The first kappa shape index (κ1) is 9.71. The van der Waals surface area contributed by atoms with Gasteiger partial charge in [0.1, 0.15) is 5.82 Å². The van der Waals surface area contributed by atoms with Gasteiger partial charge in [0, 0.05) is 12.6 Å².